The molecule has 5 N–H and O–H groups in total. The van der Waals surface area contributed by atoms with Crippen LogP contribution in [0.15, 0.2) is 36.4 Å². The summed E-state index contributed by atoms with van der Waals surface area (Å²) >= 11 is 0. The number of aliphatic hydroxyl groups excluding tert-OH is 1. The van der Waals surface area contributed by atoms with Gasteiger partial charge in [-0.3, -0.25) is 34.2 Å². The van der Waals surface area contributed by atoms with Gasteiger partial charge in [0.25, 0.3) is 11.8 Å². The fourth-order valence-corrected chi connectivity index (χ4v) is 4.27. The first kappa shape index (κ1) is 48.1. The molecule has 1 aliphatic heterocycles. The Labute approximate surface area is 326 Å². The number of hydroxylamine groups is 1. The second kappa shape index (κ2) is 31.0. The molecule has 316 valence electrons. The first-order valence-corrected chi connectivity index (χ1v) is 18.4. The second-order valence-electron chi connectivity index (χ2n) is 11.8. The summed E-state index contributed by atoms with van der Waals surface area (Å²) in [5.74, 6) is -1.38. The van der Waals surface area contributed by atoms with E-state index in [0.29, 0.717) is 110 Å². The minimum absolute atomic E-state index is 0.0176. The van der Waals surface area contributed by atoms with E-state index in [1.54, 1.807) is 31.2 Å². The molecular formula is C36H57N5O15. The summed E-state index contributed by atoms with van der Waals surface area (Å²) in [6.45, 7) is 9.24. The van der Waals surface area contributed by atoms with Crippen LogP contribution < -0.4 is 21.4 Å². The van der Waals surface area contributed by atoms with Crippen LogP contribution in [0.2, 0.25) is 0 Å². The molecule has 20 nitrogen and oxygen atoms in total. The molecule has 1 aromatic rings. The van der Waals surface area contributed by atoms with Crippen LogP contribution in [0.3, 0.4) is 0 Å². The van der Waals surface area contributed by atoms with Crippen molar-refractivity contribution in [3.63, 3.8) is 0 Å². The van der Waals surface area contributed by atoms with Crippen LogP contribution in [-0.2, 0) is 68.5 Å². The lowest BCUT2D eigenvalue weighted by Gasteiger charge is -2.14. The zero-order chi connectivity index (χ0) is 40.6. The number of imide groups is 1. The summed E-state index contributed by atoms with van der Waals surface area (Å²) in [7, 11) is 0. The highest BCUT2D eigenvalue weighted by atomic mass is 16.7. The van der Waals surface area contributed by atoms with Gasteiger partial charge in [0.1, 0.15) is 18.9 Å². The molecule has 0 saturated heterocycles. The summed E-state index contributed by atoms with van der Waals surface area (Å²) in [6.07, 6.45) is 0.674. The Hall–Kier alpha value is -4.09. The van der Waals surface area contributed by atoms with Gasteiger partial charge in [-0.15, -0.1) is 0 Å². The Kier molecular flexibility index (Phi) is 26.6. The smallest absolute Gasteiger partial charge is 0.409 e. The second-order valence-corrected chi connectivity index (χ2v) is 11.8. The number of hydrogen-bond acceptors (Lipinski definition) is 16. The molecule has 1 aromatic carbocycles. The normalized spacial score (nSPS) is 13.5. The monoisotopic (exact) mass is 799 g/mol. The van der Waals surface area contributed by atoms with E-state index in [-0.39, 0.29) is 38.0 Å². The molecule has 0 radical (unpaired) electrons. The molecule has 1 aliphatic rings. The molecule has 0 saturated carbocycles. The van der Waals surface area contributed by atoms with Crippen LogP contribution in [-0.4, -0.2) is 164 Å². The third-order valence-corrected chi connectivity index (χ3v) is 7.16. The number of rotatable bonds is 34. The van der Waals surface area contributed by atoms with E-state index in [1.165, 1.54) is 19.1 Å². The van der Waals surface area contributed by atoms with E-state index in [2.05, 4.69) is 21.4 Å². The van der Waals surface area contributed by atoms with Gasteiger partial charge in [0.15, 0.2) is 0 Å². The lowest BCUT2D eigenvalue weighted by molar-refractivity contribution is -0.137. The molecule has 1 heterocycles. The van der Waals surface area contributed by atoms with Gasteiger partial charge in [0, 0.05) is 37.3 Å². The molecule has 0 aliphatic carbocycles. The number of nitrogens with zero attached hydrogens (tertiary/aromatic N) is 1. The van der Waals surface area contributed by atoms with E-state index in [4.69, 9.17) is 47.8 Å². The molecule has 0 bridgehead atoms. The van der Waals surface area contributed by atoms with Crippen molar-refractivity contribution in [2.75, 3.05) is 118 Å². The van der Waals surface area contributed by atoms with Gasteiger partial charge in [-0.1, -0.05) is 12.1 Å². The number of ether oxygens (including phenoxy) is 8. The zero-order valence-electron chi connectivity index (χ0n) is 32.2. The first-order chi connectivity index (χ1) is 27.2. The highest BCUT2D eigenvalue weighted by Gasteiger charge is 2.23. The van der Waals surface area contributed by atoms with Crippen molar-refractivity contribution in [1.29, 1.82) is 0 Å². The minimum atomic E-state index is -1.01. The Morgan fingerprint density at radius 3 is 1.62 bits per heavy atom. The van der Waals surface area contributed by atoms with Gasteiger partial charge in [0.2, 0.25) is 11.8 Å². The standard InChI is InChI=1S/C36H57N5O15/c1-28(35(46)39-31-5-3-30(4-6-31)27-55-36(47)38-29(2)42)40-56-26-25-54-24-23-53-22-21-52-20-19-51-18-17-50-16-15-49-14-13-48-12-10-37-32(43)9-11-41-33(44)7-8-34(41)45/h3-8,28-29,40,42H,9-27H2,1-2H3,(H,37,43)(H,38,47)(H,39,46)/t28-,29+/m1/s1. The van der Waals surface area contributed by atoms with Gasteiger partial charge >= 0.3 is 6.09 Å². The lowest BCUT2D eigenvalue weighted by atomic mass is 10.2. The molecule has 2 atom stereocenters. The van der Waals surface area contributed by atoms with Gasteiger partial charge in [-0.25, -0.2) is 4.79 Å². The van der Waals surface area contributed by atoms with Gasteiger partial charge in [-0.2, -0.15) is 5.48 Å². The first-order valence-electron chi connectivity index (χ1n) is 18.4. The molecule has 2 rings (SSSR count). The molecule has 0 unspecified atom stereocenters. The summed E-state index contributed by atoms with van der Waals surface area (Å²) in [5.41, 5.74) is 3.95. The SMILES string of the molecule is C[C@H](O)NC(=O)OCc1ccc(NC(=O)[C@@H](C)NOCCOCCOCCOCCOCCOCCOCCOCCNC(=O)CCN2C(=O)C=CC2=O)cc1. The van der Waals surface area contributed by atoms with E-state index >= 15 is 0 Å². The summed E-state index contributed by atoms with van der Waals surface area (Å²) in [5, 5.41) is 16.7. The summed E-state index contributed by atoms with van der Waals surface area (Å²) in [6, 6.07) is 6.15. The number of amides is 5. The van der Waals surface area contributed by atoms with Crippen molar-refractivity contribution < 1.29 is 71.8 Å². The van der Waals surface area contributed by atoms with Crippen molar-refractivity contribution in [2.24, 2.45) is 0 Å². The average molecular weight is 800 g/mol. The van der Waals surface area contributed by atoms with Crippen LogP contribution in [0.25, 0.3) is 0 Å². The number of hydrogen-bond donors (Lipinski definition) is 5. The lowest BCUT2D eigenvalue weighted by Crippen LogP contribution is -2.38. The van der Waals surface area contributed by atoms with Crippen molar-refractivity contribution in [3.05, 3.63) is 42.0 Å². The van der Waals surface area contributed by atoms with Crippen LogP contribution in [0, 0.1) is 0 Å². The number of benzene rings is 1. The predicted molar refractivity (Wildman–Crippen MR) is 198 cm³/mol. The fraction of sp³-hybridized carbons (Fsp3) is 0.639. The zero-order valence-corrected chi connectivity index (χ0v) is 32.2. The quantitative estimate of drug-likeness (QED) is 0.0259. The average Bonchev–Trinajstić information content (AvgIpc) is 3.50. The van der Waals surface area contributed by atoms with Gasteiger partial charge in [0.05, 0.1) is 99.1 Å². The Morgan fingerprint density at radius 2 is 1.14 bits per heavy atom. The van der Waals surface area contributed by atoms with E-state index in [9.17, 15) is 24.0 Å². The van der Waals surface area contributed by atoms with Crippen molar-refractivity contribution in [1.82, 2.24) is 21.0 Å². The number of aliphatic hydroxyl groups is 1. The molecule has 0 spiro atoms. The number of nitrogens with one attached hydrogen (secondary N) is 4. The largest absolute Gasteiger partial charge is 0.445 e. The highest BCUT2D eigenvalue weighted by Crippen LogP contribution is 2.11. The van der Waals surface area contributed by atoms with E-state index in [1.807, 2.05) is 0 Å². The Balaban J connectivity index is 1.25. The summed E-state index contributed by atoms with van der Waals surface area (Å²) in [4.78, 5) is 64.9. The number of anilines is 1. The molecule has 0 fully saturated rings. The molecular weight excluding hydrogens is 742 g/mol. The van der Waals surface area contributed by atoms with Crippen molar-refractivity contribution >= 4 is 35.4 Å². The third-order valence-electron chi connectivity index (χ3n) is 7.16. The molecule has 20 heteroatoms. The van der Waals surface area contributed by atoms with Gasteiger partial charge < -0.3 is 53.6 Å². The Morgan fingerprint density at radius 1 is 0.679 bits per heavy atom. The third kappa shape index (κ3) is 24.4. The molecule has 56 heavy (non-hydrogen) atoms. The predicted octanol–water partition coefficient (Wildman–Crippen LogP) is -0.353. The van der Waals surface area contributed by atoms with Gasteiger partial charge in [-0.05, 0) is 31.5 Å². The highest BCUT2D eigenvalue weighted by molar-refractivity contribution is 6.13. The van der Waals surface area contributed by atoms with Crippen molar-refractivity contribution in [3.8, 4) is 0 Å². The molecule has 5 amide bonds. The number of alkyl carbamates (subject to hydrolysis) is 1. The van der Waals surface area contributed by atoms with Crippen LogP contribution in [0.4, 0.5) is 10.5 Å². The molecule has 0 aromatic heterocycles. The van der Waals surface area contributed by atoms with E-state index < -0.39 is 30.2 Å². The topological polar surface area (TPSA) is 240 Å². The van der Waals surface area contributed by atoms with Crippen LogP contribution in [0.1, 0.15) is 25.8 Å². The van der Waals surface area contributed by atoms with Crippen LogP contribution >= 0.6 is 0 Å². The summed E-state index contributed by atoms with van der Waals surface area (Å²) < 4.78 is 43.1. The van der Waals surface area contributed by atoms with E-state index in [0.717, 1.165) is 4.90 Å². The fourth-order valence-electron chi connectivity index (χ4n) is 4.27. The number of carbonyl (C=O) groups is 5. The minimum Gasteiger partial charge on any atom is -0.445 e. The van der Waals surface area contributed by atoms with Crippen LogP contribution in [0.5, 0.6) is 0 Å². The number of carbonyl (C=O) groups excluding carboxylic acids is 5. The van der Waals surface area contributed by atoms with Crippen molar-refractivity contribution in [2.45, 2.75) is 39.1 Å². The maximum absolute atomic E-state index is 12.4. The maximum atomic E-state index is 12.4. The maximum Gasteiger partial charge on any atom is 0.409 e. The Bertz CT molecular complexity index is 1280.